The highest BCUT2D eigenvalue weighted by Gasteiger charge is 2.53. The molecule has 0 unspecified atom stereocenters. The summed E-state index contributed by atoms with van der Waals surface area (Å²) >= 11 is 0. The number of amides is 2. The van der Waals surface area contributed by atoms with Gasteiger partial charge in [-0.25, -0.2) is 24.1 Å². The Kier molecular flexibility index (Phi) is 43.9. The Morgan fingerprint density at radius 3 is 2.07 bits per heavy atom. The van der Waals surface area contributed by atoms with E-state index in [4.69, 9.17) is 92.0 Å². The number of anilines is 2. The van der Waals surface area contributed by atoms with Crippen LogP contribution >= 0.6 is 0 Å². The van der Waals surface area contributed by atoms with E-state index in [1.165, 1.54) is 18.3 Å². The molecule has 0 radical (unpaired) electrons. The molecule has 1 aromatic carbocycles. The fourth-order valence-electron chi connectivity index (χ4n) is 16.4. The normalized spacial score (nSPS) is 25.9. The van der Waals surface area contributed by atoms with E-state index in [2.05, 4.69) is 30.6 Å². The van der Waals surface area contributed by atoms with Crippen LogP contribution in [0.4, 0.5) is 11.8 Å². The third kappa shape index (κ3) is 32.4. The third-order valence-electron chi connectivity index (χ3n) is 23.7. The van der Waals surface area contributed by atoms with E-state index in [1.54, 1.807) is 56.5 Å². The molecule has 7 N–H and O–H groups in total. The number of nitrogens with one attached hydrogen (secondary N) is 1. The number of aliphatic hydroxyl groups excluding tert-OH is 1. The van der Waals surface area contributed by atoms with Gasteiger partial charge in [-0.15, -0.1) is 5.10 Å². The number of ether oxygens (including phenoxy) is 15. The minimum absolute atomic E-state index is 0.00921. The molecule has 1 saturated carbocycles. The maximum absolute atomic E-state index is 14.8. The van der Waals surface area contributed by atoms with Crippen LogP contribution in [-0.4, -0.2) is 298 Å². The zero-order chi connectivity index (χ0) is 91.0. The molecular weight excluding hydrogens is 1650 g/mol. The molecule has 3 aliphatic heterocycles. The number of hydrogen-bond donors (Lipinski definition) is 5. The van der Waals surface area contributed by atoms with Crippen molar-refractivity contribution in [2.75, 3.05) is 165 Å². The van der Waals surface area contributed by atoms with E-state index in [-0.39, 0.29) is 92.5 Å². The molecule has 706 valence electrons. The molecule has 1 aliphatic carbocycles. The Labute approximate surface area is 744 Å². The van der Waals surface area contributed by atoms with Gasteiger partial charge in [0.15, 0.2) is 17.0 Å². The minimum atomic E-state index is -2.47. The summed E-state index contributed by atoms with van der Waals surface area (Å²) < 4.78 is 96.4. The number of esters is 1. The number of nitrogens with two attached hydrogens (primary N) is 2. The van der Waals surface area contributed by atoms with Crippen LogP contribution in [0.2, 0.25) is 0 Å². The average Bonchev–Trinajstić information content (AvgIpc) is 1.54. The van der Waals surface area contributed by atoms with Gasteiger partial charge in [0.1, 0.15) is 59.2 Å². The van der Waals surface area contributed by atoms with Crippen molar-refractivity contribution in [1.82, 2.24) is 49.9 Å². The number of Topliss-reactive ketones (excluding diaryl/α,β-unsaturated/α-hetero) is 3. The summed E-state index contributed by atoms with van der Waals surface area (Å²) in [5.74, 6) is -8.07. The molecule has 7 heterocycles. The molecule has 4 aliphatic rings. The third-order valence-corrected chi connectivity index (χ3v) is 23.7. The number of methoxy groups -OCH3 is 3. The topological polar surface area (TPSA) is 449 Å². The van der Waals surface area contributed by atoms with Crippen LogP contribution in [0, 0.1) is 35.5 Å². The molecule has 3 fully saturated rings. The standard InChI is InChI=1S/C91H138N12O24/c1-60-18-12-11-13-19-61(2)76(112-8)55-70-24-21-66(7)91(111,127-70)85(108)88(109)102-29-16-14-20-72(102)89(110)125-77(56-73(104)62(3)51-65(6)83(107)84(114-10)82(106)64(5)50-60)63(4)52-67-22-25-75(78(53-67)113-9)124-49-48-123-58-69-57-101(100-98-69)31-33-116-35-37-118-39-41-120-43-45-122-47-46-121-44-42-119-40-38-117-36-34-115-32-27-79(105)94-28-15-17-30-103-87-80(86(92)95-59-96-87)81(99-103)68-23-26-74-71(54-68)97-90(93)126-74/h11-13,18-19,23,26,51,54,57,59-60,62-64,66-67,70,72,75-78,83-84,107,111H,14-17,20-22,24-25,27-50,52-53,55-56,58H2,1-10H3,(H2,93,97)(H,94,105)(H2,92,95,96)/b13-11?,18-12+,61-19?,65-51+/t60-,62-,63-,64-,66-,67-,70+,72-,75+,76-,77+,78-,83+,84+,91-/m1/s1. The molecule has 5 aromatic rings. The zero-order valence-corrected chi connectivity index (χ0v) is 75.9. The molecule has 2 amide bonds. The van der Waals surface area contributed by atoms with Crippen LogP contribution in [0.1, 0.15) is 150 Å². The number of fused-ring (bicyclic) bond motifs is 5. The van der Waals surface area contributed by atoms with Gasteiger partial charge in [-0.2, -0.15) is 10.1 Å². The van der Waals surface area contributed by atoms with Crippen molar-refractivity contribution < 1.29 is 114 Å². The second-order valence-electron chi connectivity index (χ2n) is 33.4. The van der Waals surface area contributed by atoms with E-state index in [1.807, 2.05) is 76.4 Å². The van der Waals surface area contributed by atoms with Gasteiger partial charge < -0.3 is 107 Å². The first kappa shape index (κ1) is 102. The lowest BCUT2D eigenvalue weighted by Crippen LogP contribution is -2.61. The number of cyclic esters (lactones) is 1. The number of allylic oxidation sites excluding steroid dienone is 6. The van der Waals surface area contributed by atoms with Crippen LogP contribution in [-0.2, 0) is 120 Å². The summed E-state index contributed by atoms with van der Waals surface area (Å²) in [5, 5.41) is 40.7. The number of aromatic nitrogens is 8. The molecule has 0 spiro atoms. The number of aliphatic hydroxyl groups is 2. The molecule has 127 heavy (non-hydrogen) atoms. The van der Waals surface area contributed by atoms with Crippen LogP contribution < -0.4 is 16.8 Å². The van der Waals surface area contributed by atoms with Gasteiger partial charge in [-0.05, 0) is 138 Å². The van der Waals surface area contributed by atoms with Crippen molar-refractivity contribution in [3.8, 4) is 11.3 Å². The largest absolute Gasteiger partial charge is 0.460 e. The van der Waals surface area contributed by atoms with Gasteiger partial charge in [-0.1, -0.05) is 76.3 Å². The lowest BCUT2D eigenvalue weighted by molar-refractivity contribution is -0.265. The number of unbranched alkanes of at least 4 members (excludes halogenated alkanes) is 1. The fraction of sp³-hybridized carbons (Fsp3) is 0.692. The van der Waals surface area contributed by atoms with Crippen molar-refractivity contribution in [1.29, 1.82) is 0 Å². The molecule has 9 rings (SSSR count). The number of piperidine rings is 1. The van der Waals surface area contributed by atoms with E-state index in [0.717, 1.165) is 30.4 Å². The number of carbonyl (C=O) groups is 6. The monoisotopic (exact) mass is 1780 g/mol. The van der Waals surface area contributed by atoms with Gasteiger partial charge in [0.2, 0.25) is 11.7 Å². The van der Waals surface area contributed by atoms with Crippen LogP contribution in [0.15, 0.2) is 82.7 Å². The summed E-state index contributed by atoms with van der Waals surface area (Å²) in [6.45, 7) is 21.6. The Balaban J connectivity index is 0.586. The lowest BCUT2D eigenvalue weighted by Gasteiger charge is -2.42. The zero-order valence-electron chi connectivity index (χ0n) is 75.9. The molecule has 36 nitrogen and oxygen atoms in total. The van der Waals surface area contributed by atoms with Crippen LogP contribution in [0.25, 0.3) is 33.4 Å². The van der Waals surface area contributed by atoms with E-state index in [0.29, 0.717) is 235 Å². The number of aryl methyl sites for hydroxylation is 1. The average molecular weight is 1780 g/mol. The first-order chi connectivity index (χ1) is 61.4. The SMILES string of the molecule is CO[C@@H]1C[C@@H]2CC[C@@H](C)[C@@](O)(O2)C(=O)C(=O)N2CCCC[C@@H]2C(=O)O[C@H]([C@H](C)C[C@H]2CC[C@H](OCCOCc3cn(CCOCCOCCOCCOCCOCCOCCOCCOCCC(=O)NCCCCn4nc(-c5ccc6oc(N)nc6c5)c5c(N)ncnc54)nn3)[C@H](OC)C2)CC(=O)[C@H](C)/C=C(\C)[C@H](O)[C@@H](OC)C(=O)[C@H](C)C[C@H](C)/C=C/C=CC=C1C. The molecular formula is C91H138N12O24. The summed E-state index contributed by atoms with van der Waals surface area (Å²) in [5.41, 5.74) is 17.1. The van der Waals surface area contributed by atoms with E-state index >= 15 is 0 Å². The van der Waals surface area contributed by atoms with Crippen molar-refractivity contribution in [2.24, 2.45) is 35.5 Å². The number of nitrogens with zero attached hydrogens (tertiary/aromatic N) is 9. The van der Waals surface area contributed by atoms with Crippen LogP contribution in [0.5, 0.6) is 0 Å². The summed E-state index contributed by atoms with van der Waals surface area (Å²) in [6.07, 6.45) is 16.3. The first-order valence-electron chi connectivity index (χ1n) is 45.0. The number of carbonyl (C=O) groups excluding carboxylic acids is 6. The van der Waals surface area contributed by atoms with Gasteiger partial charge in [0.05, 0.1) is 168 Å². The maximum Gasteiger partial charge on any atom is 0.329 e. The predicted molar refractivity (Wildman–Crippen MR) is 469 cm³/mol. The Hall–Kier alpha value is -8.28. The number of benzene rings is 1. The van der Waals surface area contributed by atoms with Gasteiger partial charge in [-0.3, -0.25) is 24.0 Å². The molecule has 2 bridgehead atoms. The quantitative estimate of drug-likeness (QED) is 0.0106. The number of ketones is 3. The van der Waals surface area contributed by atoms with E-state index < -0.39 is 77.8 Å². The Morgan fingerprint density at radius 1 is 0.717 bits per heavy atom. The molecule has 4 aromatic heterocycles. The van der Waals surface area contributed by atoms with Crippen molar-refractivity contribution in [3.05, 3.63) is 84.0 Å². The number of oxazole rings is 1. The maximum atomic E-state index is 14.8. The molecule has 36 heteroatoms. The number of rotatable bonds is 45. The second-order valence-corrected chi connectivity index (χ2v) is 33.4. The highest BCUT2D eigenvalue weighted by molar-refractivity contribution is 6.39. The Morgan fingerprint density at radius 2 is 1.39 bits per heavy atom. The number of nitrogen functional groups attached to an aromatic ring is 2. The van der Waals surface area contributed by atoms with Crippen LogP contribution in [0.3, 0.4) is 0 Å². The smallest absolute Gasteiger partial charge is 0.329 e. The fourth-order valence-corrected chi connectivity index (χ4v) is 16.4. The second kappa shape index (κ2) is 54.4. The van der Waals surface area contributed by atoms with Gasteiger partial charge in [0.25, 0.3) is 17.7 Å². The van der Waals surface area contributed by atoms with Gasteiger partial charge in [0, 0.05) is 83.5 Å². The highest BCUT2D eigenvalue weighted by Crippen LogP contribution is 2.39. The lowest BCUT2D eigenvalue weighted by atomic mass is 9.78. The minimum Gasteiger partial charge on any atom is -0.460 e. The molecule has 15 atom stereocenters. The first-order valence-corrected chi connectivity index (χ1v) is 45.0. The molecule has 2 saturated heterocycles. The van der Waals surface area contributed by atoms with E-state index in [9.17, 15) is 39.0 Å². The van der Waals surface area contributed by atoms with Crippen molar-refractivity contribution in [3.63, 3.8) is 0 Å². The summed E-state index contributed by atoms with van der Waals surface area (Å²) in [6, 6.07) is 4.39. The number of hydrogen-bond acceptors (Lipinski definition) is 32. The van der Waals surface area contributed by atoms with Gasteiger partial charge >= 0.3 is 5.97 Å². The van der Waals surface area contributed by atoms with Crippen molar-refractivity contribution in [2.45, 2.75) is 219 Å². The summed E-state index contributed by atoms with van der Waals surface area (Å²) in [4.78, 5) is 98.7. The highest BCUT2D eigenvalue weighted by atomic mass is 16.6. The van der Waals surface area contributed by atoms with Crippen molar-refractivity contribution >= 4 is 69.1 Å². The Bertz CT molecular complexity index is 4320. The summed E-state index contributed by atoms with van der Waals surface area (Å²) in [7, 11) is 4.61. The predicted octanol–water partition coefficient (Wildman–Crippen LogP) is 8.25.